The molecule has 0 aromatic heterocycles. The Morgan fingerprint density at radius 2 is 1.67 bits per heavy atom. The number of benzene rings is 2. The molecule has 21 heavy (non-hydrogen) atoms. The predicted molar refractivity (Wildman–Crippen MR) is 87.7 cm³/mol. The second-order valence-corrected chi connectivity index (χ2v) is 6.56. The smallest absolute Gasteiger partial charge is 0.143 e. The highest BCUT2D eigenvalue weighted by molar-refractivity contribution is 5.81. The number of aryl methyl sites for hydroxylation is 1. The Kier molecular flexibility index (Phi) is 2.97. The first kappa shape index (κ1) is 13.6. The molecule has 0 unspecified atom stereocenters. The number of hydrazine groups is 2. The largest absolute Gasteiger partial charge is 0.506 e. The van der Waals surface area contributed by atoms with Crippen molar-refractivity contribution in [3.8, 4) is 5.75 Å². The van der Waals surface area contributed by atoms with Crippen molar-refractivity contribution in [3.05, 3.63) is 47.5 Å². The van der Waals surface area contributed by atoms with Crippen LogP contribution in [0.2, 0.25) is 0 Å². The van der Waals surface area contributed by atoms with Crippen molar-refractivity contribution in [1.82, 2.24) is 0 Å². The van der Waals surface area contributed by atoms with E-state index in [2.05, 4.69) is 50.7 Å². The molecule has 0 saturated carbocycles. The maximum Gasteiger partial charge on any atom is 0.143 e. The Hall–Kier alpha value is -2.36. The van der Waals surface area contributed by atoms with E-state index in [-0.39, 0.29) is 11.2 Å². The number of nitrogens with one attached hydrogen (secondary N) is 2. The lowest BCUT2D eigenvalue weighted by Gasteiger charge is -2.23. The molecule has 0 bridgehead atoms. The zero-order valence-electron chi connectivity index (χ0n) is 12.9. The first-order valence-corrected chi connectivity index (χ1v) is 7.12. The average Bonchev–Trinajstić information content (AvgIpc) is 2.80. The van der Waals surface area contributed by atoms with Crippen molar-refractivity contribution in [3.63, 3.8) is 0 Å². The van der Waals surface area contributed by atoms with Gasteiger partial charge in [-0.05, 0) is 47.7 Å². The summed E-state index contributed by atoms with van der Waals surface area (Å²) in [7, 11) is 0. The number of anilines is 3. The maximum absolute atomic E-state index is 10.3. The zero-order valence-corrected chi connectivity index (χ0v) is 12.9. The molecular formula is C17H21N3O. The van der Waals surface area contributed by atoms with Gasteiger partial charge in [0.1, 0.15) is 11.4 Å². The van der Waals surface area contributed by atoms with E-state index < -0.39 is 0 Å². The fraction of sp³-hybridized carbons (Fsp3) is 0.294. The number of hydrogen-bond acceptors (Lipinski definition) is 4. The molecule has 0 aliphatic carbocycles. The second kappa shape index (κ2) is 4.58. The standard InChI is InChI=1S/C17H21N3O/c1-11-5-7-13-14(9-11)19-20(18-13)15-8-6-12(10-16(15)21)17(2,3)4/h5-10,18-19,21H,1-4H3. The number of phenolic OH excluding ortho intramolecular Hbond substituents is 1. The lowest BCUT2D eigenvalue weighted by Crippen LogP contribution is -2.29. The minimum atomic E-state index is 0.0158. The molecule has 1 aliphatic heterocycles. The fourth-order valence-electron chi connectivity index (χ4n) is 2.42. The third-order valence-corrected chi connectivity index (χ3v) is 3.72. The van der Waals surface area contributed by atoms with Crippen LogP contribution in [0.1, 0.15) is 31.9 Å². The van der Waals surface area contributed by atoms with Gasteiger partial charge in [-0.3, -0.25) is 10.9 Å². The molecule has 3 N–H and O–H groups in total. The van der Waals surface area contributed by atoms with Gasteiger partial charge < -0.3 is 5.11 Å². The predicted octanol–water partition coefficient (Wildman–Crippen LogP) is 4.17. The van der Waals surface area contributed by atoms with Crippen LogP contribution >= 0.6 is 0 Å². The molecule has 110 valence electrons. The van der Waals surface area contributed by atoms with E-state index in [4.69, 9.17) is 0 Å². The number of hydrogen-bond donors (Lipinski definition) is 3. The lowest BCUT2D eigenvalue weighted by atomic mass is 9.87. The van der Waals surface area contributed by atoms with E-state index in [1.54, 1.807) is 5.12 Å². The molecule has 0 spiro atoms. The van der Waals surface area contributed by atoms with Crippen molar-refractivity contribution in [2.75, 3.05) is 16.0 Å². The minimum absolute atomic E-state index is 0.0158. The van der Waals surface area contributed by atoms with Crippen molar-refractivity contribution in [1.29, 1.82) is 0 Å². The van der Waals surface area contributed by atoms with Crippen LogP contribution in [-0.4, -0.2) is 5.11 Å². The van der Waals surface area contributed by atoms with Gasteiger partial charge in [0.25, 0.3) is 0 Å². The number of phenols is 1. The lowest BCUT2D eigenvalue weighted by molar-refractivity contribution is 0.471. The number of nitrogens with zero attached hydrogens (tertiary/aromatic N) is 1. The van der Waals surface area contributed by atoms with E-state index in [0.717, 1.165) is 16.9 Å². The van der Waals surface area contributed by atoms with E-state index in [1.807, 2.05) is 24.3 Å². The monoisotopic (exact) mass is 283 g/mol. The summed E-state index contributed by atoms with van der Waals surface area (Å²) in [6.07, 6.45) is 0. The molecule has 4 heteroatoms. The van der Waals surface area contributed by atoms with Gasteiger partial charge in [-0.2, -0.15) is 5.12 Å². The van der Waals surface area contributed by atoms with E-state index in [1.165, 1.54) is 5.56 Å². The van der Waals surface area contributed by atoms with Crippen LogP contribution in [0.15, 0.2) is 36.4 Å². The molecular weight excluding hydrogens is 262 g/mol. The molecule has 0 saturated heterocycles. The summed E-state index contributed by atoms with van der Waals surface area (Å²) < 4.78 is 0. The molecule has 1 aliphatic rings. The van der Waals surface area contributed by atoms with Crippen molar-refractivity contribution >= 4 is 17.1 Å². The van der Waals surface area contributed by atoms with Gasteiger partial charge in [0, 0.05) is 0 Å². The summed E-state index contributed by atoms with van der Waals surface area (Å²) in [4.78, 5) is 0. The molecule has 0 atom stereocenters. The Bertz CT molecular complexity index is 689. The van der Waals surface area contributed by atoms with Crippen LogP contribution in [-0.2, 0) is 5.41 Å². The first-order chi connectivity index (χ1) is 9.84. The molecule has 0 amide bonds. The SMILES string of the molecule is Cc1ccc2c(c1)NN(c1ccc(C(C)(C)C)cc1O)N2. The molecule has 0 fully saturated rings. The highest BCUT2D eigenvalue weighted by atomic mass is 16.3. The Labute approximate surface area is 125 Å². The Morgan fingerprint density at radius 1 is 0.952 bits per heavy atom. The molecule has 0 radical (unpaired) electrons. The third-order valence-electron chi connectivity index (χ3n) is 3.72. The summed E-state index contributed by atoms with van der Waals surface area (Å²) in [6.45, 7) is 8.45. The topological polar surface area (TPSA) is 47.5 Å². The molecule has 2 aromatic rings. The van der Waals surface area contributed by atoms with Crippen molar-refractivity contribution in [2.45, 2.75) is 33.1 Å². The Morgan fingerprint density at radius 3 is 2.33 bits per heavy atom. The Balaban J connectivity index is 1.90. The average molecular weight is 283 g/mol. The summed E-state index contributed by atoms with van der Waals surface area (Å²) in [6, 6.07) is 12.0. The van der Waals surface area contributed by atoms with Crippen LogP contribution in [0, 0.1) is 6.92 Å². The van der Waals surface area contributed by atoms with Gasteiger partial charge in [-0.25, -0.2) is 0 Å². The van der Waals surface area contributed by atoms with Crippen LogP contribution < -0.4 is 16.0 Å². The van der Waals surface area contributed by atoms with Gasteiger partial charge in [0.15, 0.2) is 0 Å². The van der Waals surface area contributed by atoms with Crippen molar-refractivity contribution in [2.24, 2.45) is 0 Å². The fourth-order valence-corrected chi connectivity index (χ4v) is 2.42. The van der Waals surface area contributed by atoms with E-state index in [0.29, 0.717) is 5.69 Å². The molecule has 1 heterocycles. The molecule has 3 rings (SSSR count). The number of rotatable bonds is 1. The second-order valence-electron chi connectivity index (χ2n) is 6.56. The van der Waals surface area contributed by atoms with Crippen LogP contribution in [0.25, 0.3) is 0 Å². The van der Waals surface area contributed by atoms with Gasteiger partial charge in [0.05, 0.1) is 11.4 Å². The van der Waals surface area contributed by atoms with Gasteiger partial charge >= 0.3 is 0 Å². The van der Waals surface area contributed by atoms with E-state index >= 15 is 0 Å². The van der Waals surface area contributed by atoms with Crippen LogP contribution in [0.5, 0.6) is 5.75 Å². The third kappa shape index (κ3) is 2.49. The molecule has 4 nitrogen and oxygen atoms in total. The summed E-state index contributed by atoms with van der Waals surface area (Å²) in [5, 5.41) is 12.1. The van der Waals surface area contributed by atoms with Gasteiger partial charge in [-0.15, -0.1) is 0 Å². The van der Waals surface area contributed by atoms with Crippen LogP contribution in [0.4, 0.5) is 17.1 Å². The normalized spacial score (nSPS) is 13.6. The summed E-state index contributed by atoms with van der Waals surface area (Å²) in [5.74, 6) is 0.256. The number of fused-ring (bicyclic) bond motifs is 1. The van der Waals surface area contributed by atoms with Crippen molar-refractivity contribution < 1.29 is 5.11 Å². The van der Waals surface area contributed by atoms with E-state index in [9.17, 15) is 5.11 Å². The first-order valence-electron chi connectivity index (χ1n) is 7.12. The zero-order chi connectivity index (χ0) is 15.2. The quantitative estimate of drug-likeness (QED) is 0.735. The number of aromatic hydroxyl groups is 1. The minimum Gasteiger partial charge on any atom is -0.506 e. The van der Waals surface area contributed by atoms with Gasteiger partial charge in [-0.1, -0.05) is 32.9 Å². The van der Waals surface area contributed by atoms with Gasteiger partial charge in [0.2, 0.25) is 0 Å². The highest BCUT2D eigenvalue weighted by Crippen LogP contribution is 2.37. The maximum atomic E-state index is 10.3. The summed E-state index contributed by atoms with van der Waals surface area (Å²) >= 11 is 0. The highest BCUT2D eigenvalue weighted by Gasteiger charge is 2.22. The summed E-state index contributed by atoms with van der Waals surface area (Å²) in [5.41, 5.74) is 11.5. The molecule has 2 aromatic carbocycles. The van der Waals surface area contributed by atoms with Crippen LogP contribution in [0.3, 0.4) is 0 Å².